The van der Waals surface area contributed by atoms with Gasteiger partial charge >= 0.3 is 0 Å². The molecule has 3 aromatic rings. The molecule has 0 saturated carbocycles. The number of benzene rings is 1. The Morgan fingerprint density at radius 2 is 2.22 bits per heavy atom. The lowest BCUT2D eigenvalue weighted by Gasteiger charge is -2.32. The van der Waals surface area contributed by atoms with Gasteiger partial charge in [0.25, 0.3) is 0 Å². The van der Waals surface area contributed by atoms with Crippen LogP contribution in [0.3, 0.4) is 0 Å². The molecule has 0 amide bonds. The smallest absolute Gasteiger partial charge is 0.126 e. The molecule has 27 heavy (non-hydrogen) atoms. The number of nitrogens with zero attached hydrogens (tertiary/aromatic N) is 2. The molecule has 1 aromatic carbocycles. The van der Waals surface area contributed by atoms with Crippen molar-refractivity contribution in [3.8, 4) is 0 Å². The Morgan fingerprint density at radius 1 is 1.30 bits per heavy atom. The summed E-state index contributed by atoms with van der Waals surface area (Å²) in [6.45, 7) is 6.31. The Kier molecular flexibility index (Phi) is 5.69. The van der Waals surface area contributed by atoms with Crippen LogP contribution in [0.2, 0.25) is 0 Å². The number of anilines is 1. The topological polar surface area (TPSA) is 41.3 Å². The Morgan fingerprint density at radius 3 is 3.04 bits per heavy atom. The van der Waals surface area contributed by atoms with Crippen LogP contribution >= 0.6 is 11.8 Å². The molecule has 4 nitrogen and oxygen atoms in total. The first kappa shape index (κ1) is 18.4. The minimum atomic E-state index is 0.643. The summed E-state index contributed by atoms with van der Waals surface area (Å²) in [5, 5.41) is 4.83. The van der Waals surface area contributed by atoms with Crippen LogP contribution in [0, 0.1) is 12.8 Å². The van der Waals surface area contributed by atoms with E-state index in [-0.39, 0.29) is 0 Å². The lowest BCUT2D eigenvalue weighted by atomic mass is 9.98. The van der Waals surface area contributed by atoms with E-state index in [9.17, 15) is 0 Å². The van der Waals surface area contributed by atoms with E-state index in [2.05, 4.69) is 53.7 Å². The fraction of sp³-hybridized carbons (Fsp3) is 0.409. The van der Waals surface area contributed by atoms with E-state index in [1.165, 1.54) is 28.7 Å². The van der Waals surface area contributed by atoms with Gasteiger partial charge < -0.3 is 9.73 Å². The maximum atomic E-state index is 5.50. The number of thioether (sulfide) groups is 1. The molecule has 1 aliphatic rings. The number of aromatic nitrogens is 1. The molecule has 0 bridgehead atoms. The molecule has 1 unspecified atom stereocenters. The highest BCUT2D eigenvalue weighted by Crippen LogP contribution is 2.26. The lowest BCUT2D eigenvalue weighted by Crippen LogP contribution is -2.37. The number of likely N-dealkylation sites (tertiary alicyclic amines) is 1. The molecular weight excluding hydrogens is 354 g/mol. The number of hydrogen-bond acceptors (Lipinski definition) is 5. The van der Waals surface area contributed by atoms with Gasteiger partial charge in [-0.05, 0) is 74.4 Å². The highest BCUT2D eigenvalue weighted by atomic mass is 32.2. The number of rotatable bonds is 6. The van der Waals surface area contributed by atoms with E-state index in [1.807, 2.05) is 6.07 Å². The molecule has 1 atom stereocenters. The summed E-state index contributed by atoms with van der Waals surface area (Å²) >= 11 is 1.76. The standard InChI is InChI=1S/C22H27N3OS/c1-16-11-22(24-21-12-19(27-2)7-8-20(16)21)23-13-17-5-3-9-25(14-17)15-18-6-4-10-26-18/h4,6-8,10-12,17H,3,5,9,13-15H2,1-2H3,(H,23,24). The summed E-state index contributed by atoms with van der Waals surface area (Å²) in [4.78, 5) is 8.61. The average molecular weight is 382 g/mol. The fourth-order valence-electron chi connectivity index (χ4n) is 3.93. The van der Waals surface area contributed by atoms with Crippen LogP contribution in [0.25, 0.3) is 10.9 Å². The zero-order chi connectivity index (χ0) is 18.6. The van der Waals surface area contributed by atoms with Crippen LogP contribution in [-0.4, -0.2) is 35.8 Å². The lowest BCUT2D eigenvalue weighted by molar-refractivity contribution is 0.162. The summed E-state index contributed by atoms with van der Waals surface area (Å²) in [6, 6.07) is 12.7. The first-order chi connectivity index (χ1) is 13.2. The number of fused-ring (bicyclic) bond motifs is 1. The molecule has 1 saturated heterocycles. The van der Waals surface area contributed by atoms with Crippen molar-refractivity contribution < 1.29 is 4.42 Å². The van der Waals surface area contributed by atoms with Gasteiger partial charge in [-0.2, -0.15) is 0 Å². The number of nitrogens with one attached hydrogen (secondary N) is 1. The Bertz CT molecular complexity index is 894. The molecule has 4 rings (SSSR count). The summed E-state index contributed by atoms with van der Waals surface area (Å²) in [6.07, 6.45) is 6.38. The van der Waals surface area contributed by atoms with E-state index >= 15 is 0 Å². The van der Waals surface area contributed by atoms with Gasteiger partial charge in [-0.1, -0.05) is 6.07 Å². The second kappa shape index (κ2) is 8.36. The molecule has 0 radical (unpaired) electrons. The van der Waals surface area contributed by atoms with Gasteiger partial charge in [-0.25, -0.2) is 4.98 Å². The van der Waals surface area contributed by atoms with Gasteiger partial charge in [-0.15, -0.1) is 11.8 Å². The molecule has 1 fully saturated rings. The SMILES string of the molecule is CSc1ccc2c(C)cc(NCC3CCCN(Cc4ccco4)C3)nc2c1. The molecule has 5 heteroatoms. The average Bonchev–Trinajstić information content (AvgIpc) is 3.19. The summed E-state index contributed by atoms with van der Waals surface area (Å²) in [7, 11) is 0. The second-order valence-corrected chi connectivity index (χ2v) is 8.29. The summed E-state index contributed by atoms with van der Waals surface area (Å²) < 4.78 is 5.50. The quantitative estimate of drug-likeness (QED) is 0.596. The first-order valence-electron chi connectivity index (χ1n) is 9.65. The van der Waals surface area contributed by atoms with Crippen LogP contribution in [-0.2, 0) is 6.54 Å². The Hall–Kier alpha value is -1.98. The third-order valence-corrected chi connectivity index (χ3v) is 6.08. The van der Waals surface area contributed by atoms with Crippen molar-refractivity contribution >= 4 is 28.5 Å². The Labute approximate surface area is 165 Å². The largest absolute Gasteiger partial charge is 0.468 e. The highest BCUT2D eigenvalue weighted by Gasteiger charge is 2.20. The van der Waals surface area contributed by atoms with Gasteiger partial charge in [0, 0.05) is 23.4 Å². The monoisotopic (exact) mass is 381 g/mol. The fourth-order valence-corrected chi connectivity index (χ4v) is 4.37. The van der Waals surface area contributed by atoms with Crippen LogP contribution in [0.15, 0.2) is 52.0 Å². The van der Waals surface area contributed by atoms with E-state index in [1.54, 1.807) is 18.0 Å². The maximum Gasteiger partial charge on any atom is 0.126 e. The van der Waals surface area contributed by atoms with Gasteiger partial charge in [0.2, 0.25) is 0 Å². The van der Waals surface area contributed by atoms with Crippen molar-refractivity contribution in [3.63, 3.8) is 0 Å². The third-order valence-electron chi connectivity index (χ3n) is 5.36. The predicted octanol–water partition coefficient (Wildman–Crippen LogP) is 5.18. The minimum Gasteiger partial charge on any atom is -0.468 e. The van der Waals surface area contributed by atoms with Gasteiger partial charge in [0.1, 0.15) is 11.6 Å². The predicted molar refractivity (Wildman–Crippen MR) is 113 cm³/mol. The number of furan rings is 1. The van der Waals surface area contributed by atoms with Crippen LogP contribution in [0.4, 0.5) is 5.82 Å². The van der Waals surface area contributed by atoms with Crippen molar-refractivity contribution in [3.05, 3.63) is 54.0 Å². The highest BCUT2D eigenvalue weighted by molar-refractivity contribution is 7.98. The zero-order valence-corrected chi connectivity index (χ0v) is 16.9. The number of piperidine rings is 1. The normalized spacial score (nSPS) is 18.1. The number of hydrogen-bond donors (Lipinski definition) is 1. The van der Waals surface area contributed by atoms with Crippen LogP contribution < -0.4 is 5.32 Å². The third kappa shape index (κ3) is 4.47. The summed E-state index contributed by atoms with van der Waals surface area (Å²) in [5.41, 5.74) is 2.35. The van der Waals surface area contributed by atoms with Crippen LogP contribution in [0.1, 0.15) is 24.2 Å². The number of pyridine rings is 1. The molecule has 3 heterocycles. The minimum absolute atomic E-state index is 0.643. The van der Waals surface area contributed by atoms with E-state index in [4.69, 9.17) is 9.40 Å². The van der Waals surface area contributed by atoms with Crippen LogP contribution in [0.5, 0.6) is 0 Å². The first-order valence-corrected chi connectivity index (χ1v) is 10.9. The molecular formula is C22H27N3OS. The van der Waals surface area contributed by atoms with Crippen molar-refractivity contribution in [1.82, 2.24) is 9.88 Å². The van der Waals surface area contributed by atoms with Crippen molar-refractivity contribution in [2.75, 3.05) is 31.2 Å². The van der Waals surface area contributed by atoms with E-state index in [0.29, 0.717) is 5.92 Å². The molecule has 0 aliphatic carbocycles. The van der Waals surface area contributed by atoms with E-state index < -0.39 is 0 Å². The zero-order valence-electron chi connectivity index (χ0n) is 16.1. The number of aryl methyl sites for hydroxylation is 1. The molecule has 0 spiro atoms. The van der Waals surface area contributed by atoms with Gasteiger partial charge in [0.15, 0.2) is 0 Å². The van der Waals surface area contributed by atoms with Crippen molar-refractivity contribution in [1.29, 1.82) is 0 Å². The molecule has 1 aliphatic heterocycles. The van der Waals surface area contributed by atoms with Crippen molar-refractivity contribution in [2.45, 2.75) is 31.2 Å². The second-order valence-electron chi connectivity index (χ2n) is 7.41. The molecule has 1 N–H and O–H groups in total. The van der Waals surface area contributed by atoms with Gasteiger partial charge in [-0.3, -0.25) is 4.90 Å². The molecule has 142 valence electrons. The Balaban J connectivity index is 1.40. The van der Waals surface area contributed by atoms with Crippen molar-refractivity contribution in [2.24, 2.45) is 5.92 Å². The van der Waals surface area contributed by atoms with E-state index in [0.717, 1.165) is 43.3 Å². The summed E-state index contributed by atoms with van der Waals surface area (Å²) in [5.74, 6) is 2.69. The van der Waals surface area contributed by atoms with Gasteiger partial charge in [0.05, 0.1) is 18.3 Å². The molecule has 2 aromatic heterocycles. The maximum absolute atomic E-state index is 5.50.